The van der Waals surface area contributed by atoms with Crippen molar-refractivity contribution >= 4 is 11.8 Å². The van der Waals surface area contributed by atoms with E-state index in [2.05, 4.69) is 0 Å². The molecule has 1 saturated heterocycles. The van der Waals surface area contributed by atoms with Gasteiger partial charge in [-0.1, -0.05) is 20.8 Å². The molecule has 4 rings (SSSR count). The van der Waals surface area contributed by atoms with E-state index in [9.17, 15) is 19.8 Å². The van der Waals surface area contributed by atoms with Crippen molar-refractivity contribution in [2.45, 2.75) is 51.4 Å². The molecule has 10 atom stereocenters. The number of esters is 1. The van der Waals surface area contributed by atoms with Crippen LogP contribution < -0.4 is 0 Å². The summed E-state index contributed by atoms with van der Waals surface area (Å²) in [4.78, 5) is 25.2. The summed E-state index contributed by atoms with van der Waals surface area (Å²) in [6.45, 7) is 5.82. The van der Waals surface area contributed by atoms with E-state index in [1.165, 1.54) is 0 Å². The molecule has 2 N–H and O–H groups in total. The molecule has 4 unspecified atom stereocenters. The quantitative estimate of drug-likeness (QED) is 0.646. The largest absolute Gasteiger partial charge is 0.457 e. The molecule has 0 aromatic heterocycles. The molecule has 5 nitrogen and oxygen atoms in total. The SMILES string of the molecule is CC1C(O)[C@H]2C(=O)CC[C@@H](C)[C@@H]3C(O)C(C)[C@H]4[C@H]1C(=O)O[C@@]234. The van der Waals surface area contributed by atoms with Gasteiger partial charge in [-0.25, -0.2) is 0 Å². The summed E-state index contributed by atoms with van der Waals surface area (Å²) in [5.41, 5.74) is -0.987. The van der Waals surface area contributed by atoms with E-state index >= 15 is 0 Å². The Labute approximate surface area is 130 Å². The van der Waals surface area contributed by atoms with Gasteiger partial charge in [0.15, 0.2) is 0 Å². The number of ketones is 1. The highest BCUT2D eigenvalue weighted by Gasteiger charge is 2.78. The van der Waals surface area contributed by atoms with Crippen LogP contribution in [0.5, 0.6) is 0 Å². The third-order valence-corrected chi connectivity index (χ3v) is 7.19. The van der Waals surface area contributed by atoms with Crippen LogP contribution in [0.25, 0.3) is 0 Å². The predicted molar refractivity (Wildman–Crippen MR) is 76.5 cm³/mol. The Morgan fingerprint density at radius 3 is 2.41 bits per heavy atom. The number of Topliss-reactive ketones (excluding diaryl/α,β-unsaturated/α-hetero) is 1. The molecule has 5 heteroatoms. The van der Waals surface area contributed by atoms with E-state index in [1.54, 1.807) is 0 Å². The van der Waals surface area contributed by atoms with Crippen molar-refractivity contribution in [1.29, 1.82) is 0 Å². The molecule has 22 heavy (non-hydrogen) atoms. The van der Waals surface area contributed by atoms with Crippen LogP contribution in [-0.2, 0) is 14.3 Å². The van der Waals surface area contributed by atoms with E-state index in [4.69, 9.17) is 4.74 Å². The number of aliphatic hydroxyl groups is 2. The Hall–Kier alpha value is -0.940. The second-order valence-electron chi connectivity index (χ2n) is 8.01. The van der Waals surface area contributed by atoms with Crippen molar-refractivity contribution in [3.8, 4) is 0 Å². The van der Waals surface area contributed by atoms with Gasteiger partial charge in [0.05, 0.1) is 24.0 Å². The predicted octanol–water partition coefficient (Wildman–Crippen LogP) is 0.767. The van der Waals surface area contributed by atoms with Gasteiger partial charge in [0, 0.05) is 18.3 Å². The topological polar surface area (TPSA) is 83.8 Å². The summed E-state index contributed by atoms with van der Waals surface area (Å²) in [5.74, 6) is -2.07. The fourth-order valence-corrected chi connectivity index (χ4v) is 6.30. The average molecular weight is 308 g/mol. The summed E-state index contributed by atoms with van der Waals surface area (Å²) in [5, 5.41) is 21.6. The monoisotopic (exact) mass is 308 g/mol. The van der Waals surface area contributed by atoms with Crippen molar-refractivity contribution in [2.24, 2.45) is 41.4 Å². The number of carbonyl (C=O) groups excluding carboxylic acids is 2. The van der Waals surface area contributed by atoms with E-state index in [0.29, 0.717) is 12.8 Å². The zero-order valence-corrected chi connectivity index (χ0v) is 13.2. The molecule has 2 bridgehead atoms. The summed E-state index contributed by atoms with van der Waals surface area (Å²) in [6, 6.07) is 0. The van der Waals surface area contributed by atoms with Crippen LogP contribution in [0.2, 0.25) is 0 Å². The maximum absolute atomic E-state index is 12.7. The number of hydrogen-bond donors (Lipinski definition) is 2. The van der Waals surface area contributed by atoms with Gasteiger partial charge in [-0.05, 0) is 24.2 Å². The molecule has 0 radical (unpaired) electrons. The Balaban J connectivity index is 1.97. The van der Waals surface area contributed by atoms with E-state index in [0.717, 1.165) is 0 Å². The highest BCUT2D eigenvalue weighted by atomic mass is 16.6. The first-order chi connectivity index (χ1) is 10.3. The van der Waals surface area contributed by atoms with Crippen LogP contribution in [0, 0.1) is 41.4 Å². The van der Waals surface area contributed by atoms with Gasteiger partial charge in [0.2, 0.25) is 0 Å². The molecule has 0 aromatic rings. The molecule has 0 aromatic carbocycles. The average Bonchev–Trinajstić information content (AvgIpc) is 2.78. The van der Waals surface area contributed by atoms with E-state index in [-0.39, 0.29) is 41.3 Å². The molecule has 1 heterocycles. The maximum Gasteiger partial charge on any atom is 0.310 e. The molecule has 0 amide bonds. The van der Waals surface area contributed by atoms with Crippen LogP contribution >= 0.6 is 0 Å². The number of carbonyl (C=O) groups is 2. The second-order valence-corrected chi connectivity index (χ2v) is 8.01. The van der Waals surface area contributed by atoms with Gasteiger partial charge >= 0.3 is 5.97 Å². The zero-order chi connectivity index (χ0) is 16.0. The van der Waals surface area contributed by atoms with Gasteiger partial charge in [0.25, 0.3) is 0 Å². The zero-order valence-electron chi connectivity index (χ0n) is 13.2. The summed E-state index contributed by atoms with van der Waals surface area (Å²) in [7, 11) is 0. The molecular formula is C17H24O5. The lowest BCUT2D eigenvalue weighted by Crippen LogP contribution is -2.60. The number of aliphatic hydroxyl groups excluding tert-OH is 2. The summed E-state index contributed by atoms with van der Waals surface area (Å²) >= 11 is 0. The molecule has 1 aliphatic heterocycles. The third-order valence-electron chi connectivity index (χ3n) is 7.19. The van der Waals surface area contributed by atoms with Crippen LogP contribution in [0.4, 0.5) is 0 Å². The van der Waals surface area contributed by atoms with Gasteiger partial charge < -0.3 is 14.9 Å². The molecule has 3 saturated carbocycles. The van der Waals surface area contributed by atoms with E-state index < -0.39 is 29.6 Å². The first-order valence-corrected chi connectivity index (χ1v) is 8.44. The Morgan fingerprint density at radius 1 is 1.05 bits per heavy atom. The number of ether oxygens (including phenoxy) is 1. The fourth-order valence-electron chi connectivity index (χ4n) is 6.30. The Bertz CT molecular complexity index is 545. The van der Waals surface area contributed by atoms with Gasteiger partial charge in [-0.15, -0.1) is 0 Å². The molecule has 3 aliphatic carbocycles. The normalized spacial score (nSPS) is 60.0. The molecule has 4 aliphatic rings. The molecular weight excluding hydrogens is 284 g/mol. The van der Waals surface area contributed by atoms with Crippen molar-refractivity contribution in [3.63, 3.8) is 0 Å². The fraction of sp³-hybridized carbons (Fsp3) is 0.882. The number of rotatable bonds is 0. The van der Waals surface area contributed by atoms with Crippen LogP contribution in [0.15, 0.2) is 0 Å². The minimum absolute atomic E-state index is 0.00634. The number of hydrogen-bond acceptors (Lipinski definition) is 5. The molecule has 1 spiro atoms. The molecule has 4 fully saturated rings. The van der Waals surface area contributed by atoms with Crippen molar-refractivity contribution in [2.75, 3.05) is 0 Å². The Morgan fingerprint density at radius 2 is 1.73 bits per heavy atom. The lowest BCUT2D eigenvalue weighted by molar-refractivity contribution is -0.176. The maximum atomic E-state index is 12.7. The lowest BCUT2D eigenvalue weighted by Gasteiger charge is -2.47. The standard InChI is InChI=1S/C17H24O5/c1-6-4-5-9(18)13-14(19)7(2)10-12-8(3)15(20)11(6)17(12,13)22-16(10)21/h6-8,10-15,19-20H,4-5H2,1-3H3/t6-,7?,8?,10+,11-,12+,13-,14?,15?,17+/m1/s1. The first-order valence-electron chi connectivity index (χ1n) is 8.44. The van der Waals surface area contributed by atoms with E-state index in [1.807, 2.05) is 20.8 Å². The van der Waals surface area contributed by atoms with Gasteiger partial charge in [-0.2, -0.15) is 0 Å². The highest BCUT2D eigenvalue weighted by molar-refractivity contribution is 5.87. The van der Waals surface area contributed by atoms with Crippen LogP contribution in [0.1, 0.15) is 33.6 Å². The van der Waals surface area contributed by atoms with Gasteiger partial charge in [-0.3, -0.25) is 9.59 Å². The Kier molecular flexibility index (Phi) is 2.88. The highest BCUT2D eigenvalue weighted by Crippen LogP contribution is 2.67. The second kappa shape index (κ2) is 4.32. The van der Waals surface area contributed by atoms with Crippen molar-refractivity contribution in [3.05, 3.63) is 0 Å². The summed E-state index contributed by atoms with van der Waals surface area (Å²) < 4.78 is 5.89. The lowest BCUT2D eigenvalue weighted by atomic mass is 9.57. The summed E-state index contributed by atoms with van der Waals surface area (Å²) in [6.07, 6.45) is -0.363. The van der Waals surface area contributed by atoms with Crippen LogP contribution in [0.3, 0.4) is 0 Å². The molecule has 122 valence electrons. The third kappa shape index (κ3) is 1.38. The smallest absolute Gasteiger partial charge is 0.310 e. The van der Waals surface area contributed by atoms with Crippen molar-refractivity contribution < 1.29 is 24.5 Å². The first kappa shape index (κ1) is 14.6. The van der Waals surface area contributed by atoms with Crippen molar-refractivity contribution in [1.82, 2.24) is 0 Å². The van der Waals surface area contributed by atoms with Crippen LogP contribution in [-0.4, -0.2) is 39.8 Å². The minimum atomic E-state index is -0.987. The van der Waals surface area contributed by atoms with Gasteiger partial charge in [0.1, 0.15) is 11.4 Å². The minimum Gasteiger partial charge on any atom is -0.457 e.